The van der Waals surface area contributed by atoms with E-state index in [1.165, 1.54) is 327 Å². The number of amides is 1. The molecule has 0 aromatic rings. The average molecular weight is 1070 g/mol. The molecule has 0 aliphatic carbocycles. The lowest BCUT2D eigenvalue weighted by atomic mass is 10.0. The Morgan fingerprint density at radius 1 is 0.355 bits per heavy atom. The summed E-state index contributed by atoms with van der Waals surface area (Å²) in [5.41, 5.74) is 0. The third kappa shape index (κ3) is 61.8. The van der Waals surface area contributed by atoms with Crippen LogP contribution in [0.25, 0.3) is 0 Å². The Morgan fingerprint density at radius 3 is 0.934 bits per heavy atom. The maximum Gasteiger partial charge on any atom is 0.305 e. The van der Waals surface area contributed by atoms with E-state index in [4.69, 9.17) is 4.74 Å². The van der Waals surface area contributed by atoms with Gasteiger partial charge in [-0.05, 0) is 51.4 Å². The van der Waals surface area contributed by atoms with Crippen LogP contribution in [0.5, 0.6) is 0 Å². The molecule has 6 nitrogen and oxygen atoms in total. The molecule has 0 aliphatic heterocycles. The Morgan fingerprint density at radius 2 is 0.618 bits per heavy atom. The number of rotatable bonds is 66. The van der Waals surface area contributed by atoms with Crippen LogP contribution in [0.3, 0.4) is 0 Å². The summed E-state index contributed by atoms with van der Waals surface area (Å²) in [6.45, 7) is 4.99. The first-order chi connectivity index (χ1) is 37.5. The summed E-state index contributed by atoms with van der Waals surface area (Å²) in [4.78, 5) is 24.6. The van der Waals surface area contributed by atoms with Crippen LogP contribution < -0.4 is 5.32 Å². The van der Waals surface area contributed by atoms with Gasteiger partial charge >= 0.3 is 5.97 Å². The van der Waals surface area contributed by atoms with Gasteiger partial charge in [-0.1, -0.05) is 347 Å². The third-order valence-electron chi connectivity index (χ3n) is 16.6. The van der Waals surface area contributed by atoms with Crippen LogP contribution in [0.4, 0.5) is 0 Å². The summed E-state index contributed by atoms with van der Waals surface area (Å²) in [6, 6.07) is -0.548. The van der Waals surface area contributed by atoms with E-state index in [1.807, 2.05) is 0 Å². The second-order valence-corrected chi connectivity index (χ2v) is 24.2. The monoisotopic (exact) mass is 1070 g/mol. The maximum absolute atomic E-state index is 12.6. The molecule has 0 aromatic carbocycles. The van der Waals surface area contributed by atoms with Gasteiger partial charge in [0.25, 0.3) is 0 Å². The molecule has 0 radical (unpaired) electrons. The van der Waals surface area contributed by atoms with Crippen molar-refractivity contribution in [1.29, 1.82) is 0 Å². The number of aliphatic hydroxyl groups is 2. The molecule has 0 aromatic heterocycles. The second kappa shape index (κ2) is 66.1. The summed E-state index contributed by atoms with van der Waals surface area (Å²) < 4.78 is 5.48. The van der Waals surface area contributed by atoms with E-state index in [0.717, 1.165) is 38.5 Å². The largest absolute Gasteiger partial charge is 0.466 e. The zero-order valence-electron chi connectivity index (χ0n) is 51.8. The average Bonchev–Trinajstić information content (AvgIpc) is 3.42. The molecule has 76 heavy (non-hydrogen) atoms. The fourth-order valence-electron chi connectivity index (χ4n) is 11.2. The van der Waals surface area contributed by atoms with E-state index in [0.29, 0.717) is 25.9 Å². The highest BCUT2D eigenvalue weighted by molar-refractivity contribution is 5.76. The number of hydrogen-bond acceptors (Lipinski definition) is 5. The quantitative estimate of drug-likeness (QED) is 0.0320. The molecule has 2 atom stereocenters. The van der Waals surface area contributed by atoms with Crippen LogP contribution in [-0.2, 0) is 14.3 Å². The molecule has 0 rings (SSSR count). The summed E-state index contributed by atoms with van der Waals surface area (Å²) >= 11 is 0. The van der Waals surface area contributed by atoms with Gasteiger partial charge in [0.05, 0.1) is 25.4 Å². The van der Waals surface area contributed by atoms with Crippen LogP contribution in [0.2, 0.25) is 0 Å². The first-order valence-electron chi connectivity index (χ1n) is 34.9. The highest BCUT2D eigenvalue weighted by Crippen LogP contribution is 2.19. The maximum atomic E-state index is 12.6. The summed E-state index contributed by atoms with van der Waals surface area (Å²) in [5.74, 6) is -0.0265. The van der Waals surface area contributed by atoms with E-state index in [-0.39, 0.29) is 18.5 Å². The first kappa shape index (κ1) is 74.6. The number of nitrogens with one attached hydrogen (secondary N) is 1. The van der Waals surface area contributed by atoms with E-state index >= 15 is 0 Å². The number of ether oxygens (including phenoxy) is 1. The van der Waals surface area contributed by atoms with Crippen LogP contribution in [0.15, 0.2) is 12.2 Å². The lowest BCUT2D eigenvalue weighted by molar-refractivity contribution is -0.143. The molecule has 452 valence electrons. The molecule has 0 bridgehead atoms. The molecule has 0 fully saturated rings. The van der Waals surface area contributed by atoms with Crippen LogP contribution in [-0.4, -0.2) is 47.4 Å². The van der Waals surface area contributed by atoms with Gasteiger partial charge < -0.3 is 20.3 Å². The van der Waals surface area contributed by atoms with Gasteiger partial charge in [-0.2, -0.15) is 0 Å². The molecule has 0 heterocycles. The Labute approximate surface area is 476 Å². The molecule has 0 saturated heterocycles. The Kier molecular flexibility index (Phi) is 64.9. The molecule has 0 spiro atoms. The van der Waals surface area contributed by atoms with E-state index in [2.05, 4.69) is 31.3 Å². The van der Waals surface area contributed by atoms with Crippen molar-refractivity contribution in [2.45, 2.75) is 411 Å². The number of esters is 1. The Balaban J connectivity index is 3.41. The van der Waals surface area contributed by atoms with Gasteiger partial charge in [0, 0.05) is 12.8 Å². The van der Waals surface area contributed by atoms with Crippen molar-refractivity contribution in [2.24, 2.45) is 0 Å². The normalized spacial score (nSPS) is 12.5. The topological polar surface area (TPSA) is 95.9 Å². The third-order valence-corrected chi connectivity index (χ3v) is 16.6. The molecule has 2 unspecified atom stereocenters. The van der Waals surface area contributed by atoms with Gasteiger partial charge in [0.15, 0.2) is 0 Å². The second-order valence-electron chi connectivity index (χ2n) is 24.2. The number of carbonyl (C=O) groups excluding carboxylic acids is 2. The van der Waals surface area contributed by atoms with Crippen molar-refractivity contribution >= 4 is 11.9 Å². The summed E-state index contributed by atoms with van der Waals surface area (Å²) in [6.07, 6.45) is 81.1. The van der Waals surface area contributed by atoms with Gasteiger partial charge in [-0.15, -0.1) is 0 Å². The summed E-state index contributed by atoms with van der Waals surface area (Å²) in [5, 5.41) is 23.4. The molecule has 3 N–H and O–H groups in total. The highest BCUT2D eigenvalue weighted by Gasteiger charge is 2.20. The van der Waals surface area contributed by atoms with E-state index in [1.54, 1.807) is 0 Å². The lowest BCUT2D eigenvalue weighted by Gasteiger charge is -2.22. The zero-order chi connectivity index (χ0) is 55.0. The molecule has 0 aliphatic rings. The molecule has 1 amide bonds. The standard InChI is InChI=1S/C70H137NO5/c1-3-5-7-9-11-13-15-17-18-19-20-21-22-23-24-26-29-32-35-39-42-46-50-54-58-62-68(73)67(66-72)71-69(74)63-59-55-51-47-43-40-36-33-30-27-25-28-31-34-37-41-45-49-53-57-61-65-76-70(75)64-60-56-52-48-44-38-16-14-12-10-8-6-4-2/h27,30,67-68,72-73H,3-26,28-29,31-66H2,1-2H3,(H,71,74)/b30-27-. The SMILES string of the molecule is CCCCCCCCCCCCCCCCCCCCCCCCCCCC(O)C(CO)NC(=O)CCCCCCCCC/C=C\CCCCCCCCCCCCOC(=O)CCCCCCCCCCCCCCC. The van der Waals surface area contributed by atoms with Crippen molar-refractivity contribution in [1.82, 2.24) is 5.32 Å². The number of unbranched alkanes of at least 4 members (excludes halogenated alkanes) is 53. The zero-order valence-corrected chi connectivity index (χ0v) is 51.8. The van der Waals surface area contributed by atoms with Crippen LogP contribution >= 0.6 is 0 Å². The van der Waals surface area contributed by atoms with E-state index < -0.39 is 12.1 Å². The fraction of sp³-hybridized carbons (Fsp3) is 0.943. The van der Waals surface area contributed by atoms with Crippen molar-refractivity contribution in [3.8, 4) is 0 Å². The minimum Gasteiger partial charge on any atom is -0.466 e. The summed E-state index contributed by atoms with van der Waals surface area (Å²) in [7, 11) is 0. The molecular formula is C70H137NO5. The van der Waals surface area contributed by atoms with Crippen LogP contribution in [0.1, 0.15) is 399 Å². The minimum atomic E-state index is -0.670. The Hall–Kier alpha value is -1.40. The van der Waals surface area contributed by atoms with Crippen molar-refractivity contribution in [2.75, 3.05) is 13.2 Å². The van der Waals surface area contributed by atoms with Crippen molar-refractivity contribution in [3.63, 3.8) is 0 Å². The Bertz CT molecular complexity index is 1140. The number of hydrogen-bond donors (Lipinski definition) is 3. The predicted octanol–water partition coefficient (Wildman–Crippen LogP) is 22.4. The minimum absolute atomic E-state index is 0.0110. The number of carbonyl (C=O) groups is 2. The van der Waals surface area contributed by atoms with Gasteiger partial charge in [-0.3, -0.25) is 9.59 Å². The van der Waals surface area contributed by atoms with Crippen LogP contribution in [0, 0.1) is 0 Å². The van der Waals surface area contributed by atoms with Gasteiger partial charge in [0.2, 0.25) is 5.91 Å². The van der Waals surface area contributed by atoms with E-state index in [9.17, 15) is 19.8 Å². The highest BCUT2D eigenvalue weighted by atomic mass is 16.5. The fourth-order valence-corrected chi connectivity index (χ4v) is 11.2. The van der Waals surface area contributed by atoms with Gasteiger partial charge in [-0.25, -0.2) is 0 Å². The smallest absolute Gasteiger partial charge is 0.305 e. The number of allylic oxidation sites excluding steroid dienone is 2. The molecular weight excluding hydrogens is 935 g/mol. The van der Waals surface area contributed by atoms with Gasteiger partial charge in [0.1, 0.15) is 0 Å². The molecule has 0 saturated carbocycles. The lowest BCUT2D eigenvalue weighted by Crippen LogP contribution is -2.45. The first-order valence-corrected chi connectivity index (χ1v) is 34.9. The predicted molar refractivity (Wildman–Crippen MR) is 333 cm³/mol. The number of aliphatic hydroxyl groups excluding tert-OH is 2. The molecule has 6 heteroatoms. The van der Waals surface area contributed by atoms with Crippen molar-refractivity contribution < 1.29 is 24.5 Å². The van der Waals surface area contributed by atoms with Crippen molar-refractivity contribution in [3.05, 3.63) is 12.2 Å².